The molecule has 1 atom stereocenters. The van der Waals surface area contributed by atoms with Crippen LogP contribution in [-0.2, 0) is 22.5 Å². The van der Waals surface area contributed by atoms with Gasteiger partial charge >= 0.3 is 5.97 Å². The lowest BCUT2D eigenvalue weighted by Crippen LogP contribution is -2.49. The Bertz CT molecular complexity index is 684. The number of carbonyl (C=O) groups excluding carboxylic acids is 2. The summed E-state index contributed by atoms with van der Waals surface area (Å²) >= 11 is 1.14. The highest BCUT2D eigenvalue weighted by molar-refractivity contribution is 7.08. The number of hydrogen-bond acceptors (Lipinski definition) is 5. The van der Waals surface area contributed by atoms with Crippen molar-refractivity contribution in [3.05, 3.63) is 52.5 Å². The molecule has 1 aliphatic rings. The van der Waals surface area contributed by atoms with Crippen molar-refractivity contribution in [2.75, 3.05) is 6.61 Å². The van der Waals surface area contributed by atoms with Gasteiger partial charge < -0.3 is 9.64 Å². The number of nitrogens with zero attached hydrogens (tertiary/aromatic N) is 2. The number of hydrogen-bond donors (Lipinski definition) is 0. The molecule has 1 unspecified atom stereocenters. The first-order chi connectivity index (χ1) is 10.7. The van der Waals surface area contributed by atoms with E-state index in [2.05, 4.69) is 4.37 Å². The molecule has 0 bridgehead atoms. The van der Waals surface area contributed by atoms with Crippen LogP contribution < -0.4 is 0 Å². The lowest BCUT2D eigenvalue weighted by atomic mass is 9.94. The van der Waals surface area contributed by atoms with E-state index < -0.39 is 6.04 Å². The summed E-state index contributed by atoms with van der Waals surface area (Å²) in [5.74, 6) is -0.523. The summed E-state index contributed by atoms with van der Waals surface area (Å²) in [6.45, 7) is 2.49. The quantitative estimate of drug-likeness (QED) is 0.815. The molecule has 22 heavy (non-hydrogen) atoms. The predicted molar refractivity (Wildman–Crippen MR) is 82.6 cm³/mol. The molecule has 1 aromatic carbocycles. The molecule has 114 valence electrons. The standard InChI is InChI=1S/C16H16N2O3S/c1-2-21-16(20)13-9-11-5-3-4-6-12(11)10-18(13)15(19)14-7-8-17-22-14/h3-8,13H,2,9-10H2,1H3. The van der Waals surface area contributed by atoms with Crippen molar-refractivity contribution < 1.29 is 14.3 Å². The Kier molecular flexibility index (Phi) is 4.20. The van der Waals surface area contributed by atoms with Crippen molar-refractivity contribution in [1.82, 2.24) is 9.27 Å². The number of amides is 1. The van der Waals surface area contributed by atoms with E-state index in [1.807, 2.05) is 24.3 Å². The lowest BCUT2D eigenvalue weighted by Gasteiger charge is -2.35. The molecule has 0 N–H and O–H groups in total. The number of esters is 1. The van der Waals surface area contributed by atoms with Gasteiger partial charge in [0.15, 0.2) is 0 Å². The van der Waals surface area contributed by atoms with Crippen LogP contribution in [0.15, 0.2) is 36.5 Å². The molecule has 0 fully saturated rings. The van der Waals surface area contributed by atoms with Crippen molar-refractivity contribution in [1.29, 1.82) is 0 Å². The van der Waals surface area contributed by atoms with Crippen LogP contribution in [0.4, 0.5) is 0 Å². The van der Waals surface area contributed by atoms with Gasteiger partial charge in [0.25, 0.3) is 5.91 Å². The first-order valence-electron chi connectivity index (χ1n) is 7.15. The third-order valence-corrected chi connectivity index (χ3v) is 4.45. The zero-order valence-corrected chi connectivity index (χ0v) is 13.0. The van der Waals surface area contributed by atoms with Gasteiger partial charge in [0, 0.05) is 19.2 Å². The van der Waals surface area contributed by atoms with Crippen LogP contribution in [0.3, 0.4) is 0 Å². The maximum Gasteiger partial charge on any atom is 0.329 e. The van der Waals surface area contributed by atoms with Crippen molar-refractivity contribution in [3.8, 4) is 0 Å². The van der Waals surface area contributed by atoms with Crippen molar-refractivity contribution in [2.45, 2.75) is 25.9 Å². The van der Waals surface area contributed by atoms with Gasteiger partial charge in [-0.3, -0.25) is 4.79 Å². The molecule has 3 rings (SSSR count). The normalized spacial score (nSPS) is 17.0. The van der Waals surface area contributed by atoms with E-state index >= 15 is 0 Å². The third-order valence-electron chi connectivity index (χ3n) is 3.72. The Labute approximate surface area is 132 Å². The molecule has 5 nitrogen and oxygen atoms in total. The molecular formula is C16H16N2O3S. The van der Waals surface area contributed by atoms with E-state index in [4.69, 9.17) is 4.74 Å². The molecule has 1 aromatic heterocycles. The molecule has 2 heterocycles. The minimum absolute atomic E-state index is 0.171. The fourth-order valence-electron chi connectivity index (χ4n) is 2.65. The van der Waals surface area contributed by atoms with E-state index in [-0.39, 0.29) is 11.9 Å². The van der Waals surface area contributed by atoms with Crippen LogP contribution in [0.1, 0.15) is 27.7 Å². The second-order valence-corrected chi connectivity index (χ2v) is 5.88. The van der Waals surface area contributed by atoms with Gasteiger partial charge in [-0.1, -0.05) is 24.3 Å². The van der Waals surface area contributed by atoms with Gasteiger partial charge in [-0.25, -0.2) is 9.17 Å². The summed E-state index contributed by atoms with van der Waals surface area (Å²) in [7, 11) is 0. The molecule has 1 amide bonds. The Morgan fingerprint density at radius 1 is 1.32 bits per heavy atom. The molecule has 0 spiro atoms. The fraction of sp³-hybridized carbons (Fsp3) is 0.312. The molecule has 1 aliphatic heterocycles. The third kappa shape index (κ3) is 2.74. The highest BCUT2D eigenvalue weighted by Gasteiger charge is 2.36. The molecule has 6 heteroatoms. The average Bonchev–Trinajstić information content (AvgIpc) is 3.07. The van der Waals surface area contributed by atoms with Crippen LogP contribution in [0.2, 0.25) is 0 Å². The summed E-state index contributed by atoms with van der Waals surface area (Å²) in [6, 6.07) is 8.97. The van der Waals surface area contributed by atoms with Crippen molar-refractivity contribution in [3.63, 3.8) is 0 Å². The number of fused-ring (bicyclic) bond motifs is 1. The van der Waals surface area contributed by atoms with Crippen LogP contribution in [-0.4, -0.2) is 33.8 Å². The topological polar surface area (TPSA) is 59.5 Å². The van der Waals surface area contributed by atoms with E-state index in [0.29, 0.717) is 24.4 Å². The van der Waals surface area contributed by atoms with Gasteiger partial charge in [0.05, 0.1) is 6.61 Å². The zero-order valence-electron chi connectivity index (χ0n) is 12.2. The van der Waals surface area contributed by atoms with Gasteiger partial charge in [-0.05, 0) is 35.6 Å². The van der Waals surface area contributed by atoms with Gasteiger partial charge in [-0.2, -0.15) is 0 Å². The van der Waals surface area contributed by atoms with Gasteiger partial charge in [-0.15, -0.1) is 0 Å². The second kappa shape index (κ2) is 6.27. The van der Waals surface area contributed by atoms with Gasteiger partial charge in [0.2, 0.25) is 0 Å². The number of aromatic nitrogens is 1. The summed E-state index contributed by atoms with van der Waals surface area (Å²) in [5.41, 5.74) is 2.16. The monoisotopic (exact) mass is 316 g/mol. The average molecular weight is 316 g/mol. The minimum Gasteiger partial charge on any atom is -0.464 e. The van der Waals surface area contributed by atoms with E-state index in [9.17, 15) is 9.59 Å². The second-order valence-electron chi connectivity index (χ2n) is 5.05. The number of ether oxygens (including phenoxy) is 1. The van der Waals surface area contributed by atoms with E-state index in [1.165, 1.54) is 0 Å². The number of benzene rings is 1. The fourth-order valence-corrected chi connectivity index (χ4v) is 3.21. The highest BCUT2D eigenvalue weighted by atomic mass is 32.1. The molecule has 0 saturated carbocycles. The molecule has 2 aromatic rings. The van der Waals surface area contributed by atoms with Crippen LogP contribution in [0, 0.1) is 0 Å². The summed E-state index contributed by atoms with van der Waals surface area (Å²) < 4.78 is 9.12. The lowest BCUT2D eigenvalue weighted by molar-refractivity contribution is -0.149. The SMILES string of the molecule is CCOC(=O)C1Cc2ccccc2CN1C(=O)c1ccns1. The van der Waals surface area contributed by atoms with Crippen LogP contribution in [0.25, 0.3) is 0 Å². The highest BCUT2D eigenvalue weighted by Crippen LogP contribution is 2.26. The van der Waals surface area contributed by atoms with Crippen molar-refractivity contribution >= 4 is 23.4 Å². The smallest absolute Gasteiger partial charge is 0.329 e. The maximum atomic E-state index is 12.7. The molecular weight excluding hydrogens is 300 g/mol. The molecule has 0 saturated heterocycles. The van der Waals surface area contributed by atoms with E-state index in [0.717, 1.165) is 22.7 Å². The first kappa shape index (κ1) is 14.7. The molecule has 0 aliphatic carbocycles. The van der Waals surface area contributed by atoms with Gasteiger partial charge in [0.1, 0.15) is 10.9 Å². The Balaban J connectivity index is 1.94. The van der Waals surface area contributed by atoms with Crippen LogP contribution in [0.5, 0.6) is 0 Å². The number of rotatable bonds is 3. The van der Waals surface area contributed by atoms with Crippen molar-refractivity contribution in [2.24, 2.45) is 0 Å². The van der Waals surface area contributed by atoms with Crippen LogP contribution >= 0.6 is 11.5 Å². The summed E-state index contributed by atoms with van der Waals surface area (Å²) in [4.78, 5) is 27.1. The predicted octanol–water partition coefficient (Wildman–Crippen LogP) is 2.27. The summed E-state index contributed by atoms with van der Waals surface area (Å²) in [6.07, 6.45) is 2.08. The molecule has 0 radical (unpaired) electrons. The zero-order chi connectivity index (χ0) is 15.5. The van der Waals surface area contributed by atoms with E-state index in [1.54, 1.807) is 24.1 Å². The maximum absolute atomic E-state index is 12.7. The largest absolute Gasteiger partial charge is 0.464 e. The Morgan fingerprint density at radius 2 is 2.09 bits per heavy atom. The Hall–Kier alpha value is -2.21. The summed E-state index contributed by atoms with van der Waals surface area (Å²) in [5, 5.41) is 0. The first-order valence-corrected chi connectivity index (χ1v) is 7.93. The Morgan fingerprint density at radius 3 is 2.77 bits per heavy atom. The minimum atomic E-state index is -0.579. The number of carbonyl (C=O) groups is 2.